The maximum atomic E-state index is 4.34. The molecule has 0 N–H and O–H groups in total. The molecule has 14 heavy (non-hydrogen) atoms. The van der Waals surface area contributed by atoms with Crippen molar-refractivity contribution >= 4 is 5.69 Å². The van der Waals surface area contributed by atoms with Gasteiger partial charge < -0.3 is 4.90 Å². The van der Waals surface area contributed by atoms with Crippen molar-refractivity contribution in [2.24, 2.45) is 7.05 Å². The van der Waals surface area contributed by atoms with E-state index in [-0.39, 0.29) is 0 Å². The Balaban J connectivity index is 2.21. The molecule has 2 heterocycles. The van der Waals surface area contributed by atoms with Gasteiger partial charge in [-0.05, 0) is 25.7 Å². The predicted molar refractivity (Wildman–Crippen MR) is 58.7 cm³/mol. The zero-order valence-electron chi connectivity index (χ0n) is 9.16. The first kappa shape index (κ1) is 9.56. The van der Waals surface area contributed by atoms with Crippen molar-refractivity contribution in [2.45, 2.75) is 32.6 Å². The molecule has 0 aromatic carbocycles. The second-order valence-electron chi connectivity index (χ2n) is 4.00. The third-order valence-corrected chi connectivity index (χ3v) is 3.07. The van der Waals surface area contributed by atoms with Gasteiger partial charge in [-0.3, -0.25) is 4.68 Å². The van der Waals surface area contributed by atoms with Crippen LogP contribution in [0.4, 0.5) is 5.69 Å². The molecule has 1 aliphatic heterocycles. The Morgan fingerprint density at radius 1 is 1.29 bits per heavy atom. The van der Waals surface area contributed by atoms with Crippen molar-refractivity contribution in [1.82, 2.24) is 9.78 Å². The molecule has 3 nitrogen and oxygen atoms in total. The first-order valence-electron chi connectivity index (χ1n) is 5.58. The molecule has 0 spiro atoms. The maximum absolute atomic E-state index is 4.34. The minimum Gasteiger partial charge on any atom is -0.369 e. The van der Waals surface area contributed by atoms with E-state index in [1.807, 2.05) is 17.9 Å². The van der Waals surface area contributed by atoms with Gasteiger partial charge in [-0.2, -0.15) is 5.10 Å². The molecular formula is C11H19N3. The summed E-state index contributed by atoms with van der Waals surface area (Å²) in [6.45, 7) is 4.61. The average Bonchev–Trinajstić information content (AvgIpc) is 2.61. The van der Waals surface area contributed by atoms with Gasteiger partial charge in [0, 0.05) is 20.1 Å². The van der Waals surface area contributed by atoms with Gasteiger partial charge in [-0.25, -0.2) is 0 Å². The Kier molecular flexibility index (Phi) is 2.75. The molecule has 0 aliphatic carbocycles. The molecule has 1 fully saturated rings. The van der Waals surface area contributed by atoms with Gasteiger partial charge in [0.25, 0.3) is 0 Å². The van der Waals surface area contributed by atoms with E-state index in [0.29, 0.717) is 0 Å². The first-order chi connectivity index (χ1) is 6.83. The van der Waals surface area contributed by atoms with Crippen LogP contribution in [0.2, 0.25) is 0 Å². The van der Waals surface area contributed by atoms with Crippen LogP contribution in [0.25, 0.3) is 0 Å². The van der Waals surface area contributed by atoms with E-state index < -0.39 is 0 Å². The molecule has 0 atom stereocenters. The van der Waals surface area contributed by atoms with E-state index in [0.717, 1.165) is 6.42 Å². The minimum absolute atomic E-state index is 1.07. The SMILES string of the molecule is CCc1c(N2CCCCC2)cnn1C. The number of aromatic nitrogens is 2. The minimum atomic E-state index is 1.07. The van der Waals surface area contributed by atoms with Gasteiger partial charge >= 0.3 is 0 Å². The highest BCUT2D eigenvalue weighted by Crippen LogP contribution is 2.23. The van der Waals surface area contributed by atoms with E-state index >= 15 is 0 Å². The van der Waals surface area contributed by atoms with E-state index in [1.165, 1.54) is 43.7 Å². The zero-order chi connectivity index (χ0) is 9.97. The quantitative estimate of drug-likeness (QED) is 0.716. The number of rotatable bonds is 2. The Labute approximate surface area is 85.7 Å². The van der Waals surface area contributed by atoms with Crippen LogP contribution in [0, 0.1) is 0 Å². The Morgan fingerprint density at radius 3 is 2.64 bits per heavy atom. The summed E-state index contributed by atoms with van der Waals surface area (Å²) in [5.74, 6) is 0. The van der Waals surface area contributed by atoms with Crippen LogP contribution in [-0.4, -0.2) is 22.9 Å². The molecule has 0 radical (unpaired) electrons. The number of piperidine rings is 1. The molecule has 0 saturated carbocycles. The van der Waals surface area contributed by atoms with Crippen molar-refractivity contribution in [3.63, 3.8) is 0 Å². The summed E-state index contributed by atoms with van der Waals surface area (Å²) in [6.07, 6.45) is 7.14. The Morgan fingerprint density at radius 2 is 2.00 bits per heavy atom. The summed E-state index contributed by atoms with van der Waals surface area (Å²) in [5.41, 5.74) is 2.72. The van der Waals surface area contributed by atoms with E-state index in [9.17, 15) is 0 Å². The topological polar surface area (TPSA) is 21.1 Å². The molecule has 2 rings (SSSR count). The number of anilines is 1. The lowest BCUT2D eigenvalue weighted by Gasteiger charge is -2.28. The van der Waals surface area contributed by atoms with Crippen molar-refractivity contribution in [2.75, 3.05) is 18.0 Å². The van der Waals surface area contributed by atoms with E-state index in [2.05, 4.69) is 16.9 Å². The average molecular weight is 193 g/mol. The Bertz CT molecular complexity index is 297. The highest BCUT2D eigenvalue weighted by Gasteiger charge is 2.16. The van der Waals surface area contributed by atoms with Crippen LogP contribution in [0.3, 0.4) is 0 Å². The fourth-order valence-corrected chi connectivity index (χ4v) is 2.26. The van der Waals surface area contributed by atoms with Crippen LogP contribution in [0.1, 0.15) is 31.9 Å². The van der Waals surface area contributed by atoms with Crippen LogP contribution in [0.15, 0.2) is 6.20 Å². The fraction of sp³-hybridized carbons (Fsp3) is 0.727. The third-order valence-electron chi connectivity index (χ3n) is 3.07. The normalized spacial score (nSPS) is 17.4. The predicted octanol–water partition coefficient (Wildman–Crippen LogP) is 1.97. The van der Waals surface area contributed by atoms with Gasteiger partial charge in [-0.15, -0.1) is 0 Å². The molecule has 1 aliphatic rings. The van der Waals surface area contributed by atoms with Gasteiger partial charge in [-0.1, -0.05) is 6.92 Å². The van der Waals surface area contributed by atoms with Gasteiger partial charge in [0.05, 0.1) is 17.6 Å². The molecule has 1 aromatic heterocycles. The van der Waals surface area contributed by atoms with Crippen molar-refractivity contribution in [3.8, 4) is 0 Å². The molecule has 0 amide bonds. The highest BCUT2D eigenvalue weighted by atomic mass is 15.3. The third kappa shape index (κ3) is 1.63. The standard InChI is InChI=1S/C11H19N3/c1-3-10-11(9-12-13(10)2)14-7-5-4-6-8-14/h9H,3-8H2,1-2H3. The second-order valence-corrected chi connectivity index (χ2v) is 4.00. The maximum Gasteiger partial charge on any atom is 0.0784 e. The molecule has 3 heteroatoms. The Hall–Kier alpha value is -0.990. The molecule has 0 unspecified atom stereocenters. The van der Waals surface area contributed by atoms with Gasteiger partial charge in [0.15, 0.2) is 0 Å². The summed E-state index contributed by atoms with van der Waals surface area (Å²) in [4.78, 5) is 2.48. The van der Waals surface area contributed by atoms with Crippen LogP contribution in [0.5, 0.6) is 0 Å². The molecule has 0 bridgehead atoms. The summed E-state index contributed by atoms with van der Waals surface area (Å²) in [5, 5.41) is 4.34. The number of hydrogen-bond donors (Lipinski definition) is 0. The van der Waals surface area contributed by atoms with Crippen molar-refractivity contribution in [3.05, 3.63) is 11.9 Å². The molecule has 78 valence electrons. The lowest BCUT2D eigenvalue weighted by molar-refractivity contribution is 0.575. The largest absolute Gasteiger partial charge is 0.369 e. The molecule has 1 saturated heterocycles. The van der Waals surface area contributed by atoms with Crippen molar-refractivity contribution in [1.29, 1.82) is 0 Å². The summed E-state index contributed by atoms with van der Waals surface area (Å²) >= 11 is 0. The van der Waals surface area contributed by atoms with Crippen LogP contribution >= 0.6 is 0 Å². The second kappa shape index (κ2) is 4.03. The first-order valence-corrected chi connectivity index (χ1v) is 5.58. The lowest BCUT2D eigenvalue weighted by atomic mass is 10.1. The highest BCUT2D eigenvalue weighted by molar-refractivity contribution is 5.49. The van der Waals surface area contributed by atoms with E-state index in [4.69, 9.17) is 0 Å². The zero-order valence-corrected chi connectivity index (χ0v) is 9.16. The van der Waals surface area contributed by atoms with Gasteiger partial charge in [0.1, 0.15) is 0 Å². The van der Waals surface area contributed by atoms with E-state index in [1.54, 1.807) is 0 Å². The summed E-state index contributed by atoms with van der Waals surface area (Å²) < 4.78 is 2.00. The molecule has 1 aromatic rings. The fourth-order valence-electron chi connectivity index (χ4n) is 2.26. The van der Waals surface area contributed by atoms with Crippen molar-refractivity contribution < 1.29 is 0 Å². The lowest BCUT2D eigenvalue weighted by Crippen LogP contribution is -2.29. The van der Waals surface area contributed by atoms with Crippen LogP contribution < -0.4 is 4.90 Å². The number of aryl methyl sites for hydroxylation is 1. The monoisotopic (exact) mass is 193 g/mol. The summed E-state index contributed by atoms with van der Waals surface area (Å²) in [6, 6.07) is 0. The number of nitrogens with zero attached hydrogens (tertiary/aromatic N) is 3. The van der Waals surface area contributed by atoms with Crippen LogP contribution in [-0.2, 0) is 13.5 Å². The van der Waals surface area contributed by atoms with Gasteiger partial charge in [0.2, 0.25) is 0 Å². The summed E-state index contributed by atoms with van der Waals surface area (Å²) in [7, 11) is 2.03. The molecular weight excluding hydrogens is 174 g/mol. The smallest absolute Gasteiger partial charge is 0.0784 e. The number of hydrogen-bond acceptors (Lipinski definition) is 2.